The molecule has 0 bridgehead atoms. The zero-order valence-corrected chi connectivity index (χ0v) is 15.7. The van der Waals surface area contributed by atoms with Crippen LogP contribution < -0.4 is 19.5 Å². The Kier molecular flexibility index (Phi) is 6.46. The number of ether oxygens (including phenoxy) is 2. The lowest BCUT2D eigenvalue weighted by Crippen LogP contribution is -2.36. The van der Waals surface area contributed by atoms with Gasteiger partial charge in [0.2, 0.25) is 10.0 Å². The molecule has 0 aliphatic heterocycles. The van der Waals surface area contributed by atoms with Gasteiger partial charge < -0.3 is 14.8 Å². The van der Waals surface area contributed by atoms with E-state index in [1.54, 1.807) is 43.5 Å². The minimum absolute atomic E-state index is 0.210. The molecule has 2 aromatic carbocycles. The largest absolute Gasteiger partial charge is 0.497 e. The molecule has 0 saturated heterocycles. The number of carbonyl (C=O) groups is 1. The number of benzene rings is 2. The smallest absolute Gasteiger partial charge is 0.251 e. The summed E-state index contributed by atoms with van der Waals surface area (Å²) in [6.07, 6.45) is 1.07. The van der Waals surface area contributed by atoms with Gasteiger partial charge in [0.1, 0.15) is 18.1 Å². The summed E-state index contributed by atoms with van der Waals surface area (Å²) >= 11 is 0. The lowest BCUT2D eigenvalue weighted by atomic mass is 10.2. The fourth-order valence-electron chi connectivity index (χ4n) is 2.15. The highest BCUT2D eigenvalue weighted by molar-refractivity contribution is 7.92. The highest BCUT2D eigenvalue weighted by Crippen LogP contribution is 2.17. The van der Waals surface area contributed by atoms with E-state index in [0.717, 1.165) is 12.0 Å². The SMILES string of the molecule is COc1ccc(OC[C@@H](C)NC(=O)c2ccc(NS(C)(=O)=O)cc2)cc1. The van der Waals surface area contributed by atoms with E-state index in [9.17, 15) is 13.2 Å². The quantitative estimate of drug-likeness (QED) is 0.735. The van der Waals surface area contributed by atoms with Crippen molar-refractivity contribution in [3.05, 3.63) is 54.1 Å². The van der Waals surface area contributed by atoms with Gasteiger partial charge in [0, 0.05) is 11.3 Å². The summed E-state index contributed by atoms with van der Waals surface area (Å²) in [5.41, 5.74) is 0.834. The summed E-state index contributed by atoms with van der Waals surface area (Å²) in [6.45, 7) is 2.15. The van der Waals surface area contributed by atoms with Crippen LogP contribution in [-0.4, -0.2) is 40.3 Å². The standard InChI is InChI=1S/C18H22N2O5S/c1-13(12-25-17-10-8-16(24-2)9-11-17)19-18(21)14-4-6-15(7-5-14)20-26(3,22)23/h4-11,13,20H,12H2,1-3H3,(H,19,21)/t13-/m1/s1. The molecule has 0 saturated carbocycles. The van der Waals surface area contributed by atoms with Gasteiger partial charge in [-0.25, -0.2) is 8.42 Å². The van der Waals surface area contributed by atoms with Crippen LogP contribution in [-0.2, 0) is 10.0 Å². The molecule has 7 nitrogen and oxygen atoms in total. The van der Waals surface area contributed by atoms with Gasteiger partial charge in [-0.2, -0.15) is 0 Å². The van der Waals surface area contributed by atoms with Crippen molar-refractivity contribution in [2.45, 2.75) is 13.0 Å². The molecule has 0 aliphatic rings. The van der Waals surface area contributed by atoms with Crippen LogP contribution in [0, 0.1) is 0 Å². The first kappa shape index (κ1) is 19.6. The van der Waals surface area contributed by atoms with Crippen molar-refractivity contribution in [1.82, 2.24) is 5.32 Å². The van der Waals surface area contributed by atoms with E-state index in [0.29, 0.717) is 23.6 Å². The first-order chi connectivity index (χ1) is 12.3. The second-order valence-electron chi connectivity index (χ2n) is 5.81. The van der Waals surface area contributed by atoms with Crippen LogP contribution in [0.5, 0.6) is 11.5 Å². The van der Waals surface area contributed by atoms with Crippen molar-refractivity contribution >= 4 is 21.6 Å². The first-order valence-corrected chi connectivity index (χ1v) is 9.81. The molecule has 0 radical (unpaired) electrons. The molecule has 8 heteroatoms. The van der Waals surface area contributed by atoms with E-state index in [2.05, 4.69) is 10.0 Å². The summed E-state index contributed by atoms with van der Waals surface area (Å²) in [4.78, 5) is 12.2. The molecule has 2 N–H and O–H groups in total. The van der Waals surface area contributed by atoms with Crippen LogP contribution in [0.25, 0.3) is 0 Å². The Morgan fingerprint density at radius 3 is 2.15 bits per heavy atom. The van der Waals surface area contributed by atoms with Gasteiger partial charge in [0.25, 0.3) is 5.91 Å². The molecular weight excluding hydrogens is 356 g/mol. The van der Waals surface area contributed by atoms with Crippen LogP contribution in [0.15, 0.2) is 48.5 Å². The van der Waals surface area contributed by atoms with Gasteiger partial charge in [-0.05, 0) is 55.5 Å². The number of nitrogens with one attached hydrogen (secondary N) is 2. The fraction of sp³-hybridized carbons (Fsp3) is 0.278. The Morgan fingerprint density at radius 1 is 1.04 bits per heavy atom. The van der Waals surface area contributed by atoms with Crippen LogP contribution in [0.1, 0.15) is 17.3 Å². The van der Waals surface area contributed by atoms with Crippen LogP contribution in [0.2, 0.25) is 0 Å². The van der Waals surface area contributed by atoms with Crippen LogP contribution >= 0.6 is 0 Å². The highest BCUT2D eigenvalue weighted by Gasteiger charge is 2.11. The fourth-order valence-corrected chi connectivity index (χ4v) is 2.71. The Bertz CT molecular complexity index is 833. The van der Waals surface area contributed by atoms with Crippen molar-refractivity contribution in [3.8, 4) is 11.5 Å². The molecule has 0 heterocycles. The highest BCUT2D eigenvalue weighted by atomic mass is 32.2. The number of amides is 1. The normalized spacial score (nSPS) is 12.1. The molecule has 0 fully saturated rings. The van der Waals surface area contributed by atoms with Crippen molar-refractivity contribution in [2.24, 2.45) is 0 Å². The molecule has 2 aromatic rings. The van der Waals surface area contributed by atoms with Crippen molar-refractivity contribution in [2.75, 3.05) is 24.7 Å². The number of anilines is 1. The minimum atomic E-state index is -3.34. The number of rotatable bonds is 8. The predicted molar refractivity (Wildman–Crippen MR) is 100 cm³/mol. The second kappa shape index (κ2) is 8.57. The first-order valence-electron chi connectivity index (χ1n) is 7.92. The Labute approximate surface area is 153 Å². The number of carbonyl (C=O) groups excluding carboxylic acids is 1. The van der Waals surface area contributed by atoms with Crippen LogP contribution in [0.4, 0.5) is 5.69 Å². The van der Waals surface area contributed by atoms with E-state index in [4.69, 9.17) is 9.47 Å². The maximum atomic E-state index is 12.2. The van der Waals surface area contributed by atoms with Crippen molar-refractivity contribution in [3.63, 3.8) is 0 Å². The maximum absolute atomic E-state index is 12.2. The minimum Gasteiger partial charge on any atom is -0.497 e. The summed E-state index contributed by atoms with van der Waals surface area (Å²) in [5, 5.41) is 2.83. The lowest BCUT2D eigenvalue weighted by Gasteiger charge is -2.15. The lowest BCUT2D eigenvalue weighted by molar-refractivity contribution is 0.0926. The van der Waals surface area contributed by atoms with Crippen LogP contribution in [0.3, 0.4) is 0 Å². The summed E-state index contributed by atoms with van der Waals surface area (Å²) < 4.78 is 35.4. The average molecular weight is 378 g/mol. The van der Waals surface area contributed by atoms with Gasteiger partial charge in [-0.15, -0.1) is 0 Å². The topological polar surface area (TPSA) is 93.7 Å². The van der Waals surface area contributed by atoms with Crippen molar-refractivity contribution in [1.29, 1.82) is 0 Å². The number of methoxy groups -OCH3 is 1. The third kappa shape index (κ3) is 6.29. The van der Waals surface area contributed by atoms with Gasteiger partial charge >= 0.3 is 0 Å². The van der Waals surface area contributed by atoms with E-state index in [-0.39, 0.29) is 11.9 Å². The summed E-state index contributed by atoms with van der Waals surface area (Å²) in [6, 6.07) is 13.2. The monoisotopic (exact) mass is 378 g/mol. The third-order valence-corrected chi connectivity index (χ3v) is 3.99. The average Bonchev–Trinajstić information content (AvgIpc) is 2.59. The molecule has 0 aliphatic carbocycles. The Morgan fingerprint density at radius 2 is 1.62 bits per heavy atom. The molecule has 26 heavy (non-hydrogen) atoms. The summed E-state index contributed by atoms with van der Waals surface area (Å²) in [7, 11) is -1.75. The molecule has 1 atom stereocenters. The number of sulfonamides is 1. The van der Waals surface area contributed by atoms with Gasteiger partial charge in [0.15, 0.2) is 0 Å². The molecular formula is C18H22N2O5S. The number of hydrogen-bond acceptors (Lipinski definition) is 5. The van der Waals surface area contributed by atoms with E-state index >= 15 is 0 Å². The zero-order valence-electron chi connectivity index (χ0n) is 14.9. The molecule has 0 unspecified atom stereocenters. The van der Waals surface area contributed by atoms with E-state index < -0.39 is 10.0 Å². The zero-order chi connectivity index (χ0) is 19.2. The van der Waals surface area contributed by atoms with Gasteiger partial charge in [-0.1, -0.05) is 0 Å². The Balaban J connectivity index is 1.85. The third-order valence-electron chi connectivity index (χ3n) is 3.39. The number of hydrogen-bond donors (Lipinski definition) is 2. The van der Waals surface area contributed by atoms with E-state index in [1.807, 2.05) is 6.92 Å². The molecule has 2 rings (SSSR count). The van der Waals surface area contributed by atoms with Gasteiger partial charge in [0.05, 0.1) is 19.4 Å². The molecule has 0 spiro atoms. The predicted octanol–water partition coefficient (Wildman–Crippen LogP) is 2.26. The molecule has 1 amide bonds. The second-order valence-corrected chi connectivity index (χ2v) is 7.56. The van der Waals surface area contributed by atoms with E-state index in [1.165, 1.54) is 12.1 Å². The molecule has 0 aromatic heterocycles. The Hall–Kier alpha value is -2.74. The molecule has 140 valence electrons. The maximum Gasteiger partial charge on any atom is 0.251 e. The van der Waals surface area contributed by atoms with Gasteiger partial charge in [-0.3, -0.25) is 9.52 Å². The van der Waals surface area contributed by atoms with Crippen molar-refractivity contribution < 1.29 is 22.7 Å². The summed E-state index contributed by atoms with van der Waals surface area (Å²) in [5.74, 6) is 1.16.